The third-order valence-corrected chi connectivity index (χ3v) is 2.36. The molecule has 0 amide bonds. The lowest BCUT2D eigenvalue weighted by Crippen LogP contribution is -2.41. The van der Waals surface area contributed by atoms with Crippen LogP contribution in [0.4, 0.5) is 0 Å². The topological polar surface area (TPSA) is 75.3 Å². The Bertz CT molecular complexity index is 172. The number of aliphatic carboxylic acids is 1. The Morgan fingerprint density at radius 1 is 1.83 bits per heavy atom. The number of rotatable bonds is 5. The first kappa shape index (κ1) is 9.48. The number of carbonyl (C=O) groups is 1. The Morgan fingerprint density at radius 2 is 2.50 bits per heavy atom. The molecule has 1 saturated carbocycles. The molecule has 0 saturated heterocycles. The van der Waals surface area contributed by atoms with Gasteiger partial charge in [-0.3, -0.25) is 4.79 Å². The lowest BCUT2D eigenvalue weighted by Gasteiger charge is -2.07. The van der Waals surface area contributed by atoms with Gasteiger partial charge in [-0.05, 0) is 12.3 Å². The minimum Gasteiger partial charge on any atom is -0.480 e. The second-order valence-electron chi connectivity index (χ2n) is 3.36. The fourth-order valence-corrected chi connectivity index (χ4v) is 1.31. The van der Waals surface area contributed by atoms with Crippen LogP contribution in [0.15, 0.2) is 0 Å². The molecule has 70 valence electrons. The third-order valence-electron chi connectivity index (χ3n) is 2.36. The van der Waals surface area contributed by atoms with Gasteiger partial charge in [-0.25, -0.2) is 0 Å². The van der Waals surface area contributed by atoms with Crippen molar-refractivity contribution in [3.63, 3.8) is 0 Å². The number of carboxylic acids is 1. The third kappa shape index (κ3) is 2.46. The first-order valence-electron chi connectivity index (χ1n) is 4.37. The molecule has 4 nitrogen and oxygen atoms in total. The summed E-state index contributed by atoms with van der Waals surface area (Å²) in [4.78, 5) is 10.3. The molecule has 12 heavy (non-hydrogen) atoms. The molecule has 0 aromatic heterocycles. The summed E-state index contributed by atoms with van der Waals surface area (Å²) in [7, 11) is 0. The van der Waals surface area contributed by atoms with E-state index in [0.29, 0.717) is 12.6 Å². The molecule has 1 fully saturated rings. The van der Waals surface area contributed by atoms with Crippen LogP contribution in [0.5, 0.6) is 0 Å². The van der Waals surface area contributed by atoms with E-state index in [9.17, 15) is 4.79 Å². The summed E-state index contributed by atoms with van der Waals surface area (Å²) in [5, 5.41) is 11.6. The molecule has 4 heteroatoms. The van der Waals surface area contributed by atoms with Gasteiger partial charge in [0, 0.05) is 12.6 Å². The standard InChI is InChI=1S/C8H16N2O2/c1-2-5-3-7(5)10-4-6(9)8(11)12/h5-7,10H,2-4,9H2,1H3,(H,11,12). The van der Waals surface area contributed by atoms with Crippen LogP contribution in [-0.4, -0.2) is 29.7 Å². The molecule has 0 aromatic rings. The predicted octanol–water partition coefficient (Wildman–Crippen LogP) is -0.214. The van der Waals surface area contributed by atoms with Crippen molar-refractivity contribution in [2.75, 3.05) is 6.54 Å². The summed E-state index contributed by atoms with van der Waals surface area (Å²) in [6, 6.07) is -0.247. The largest absolute Gasteiger partial charge is 0.480 e. The van der Waals surface area contributed by atoms with Gasteiger partial charge in [-0.2, -0.15) is 0 Å². The van der Waals surface area contributed by atoms with E-state index in [0.717, 1.165) is 5.92 Å². The summed E-state index contributed by atoms with van der Waals surface area (Å²) in [5.41, 5.74) is 5.32. The maximum atomic E-state index is 10.3. The Hall–Kier alpha value is -0.610. The van der Waals surface area contributed by atoms with Crippen LogP contribution in [0.1, 0.15) is 19.8 Å². The molecular formula is C8H16N2O2. The number of hydrogen-bond donors (Lipinski definition) is 3. The van der Waals surface area contributed by atoms with Gasteiger partial charge in [-0.15, -0.1) is 0 Å². The Labute approximate surface area is 72.1 Å². The van der Waals surface area contributed by atoms with E-state index in [4.69, 9.17) is 10.8 Å². The summed E-state index contributed by atoms with van der Waals surface area (Å²) < 4.78 is 0. The second-order valence-corrected chi connectivity index (χ2v) is 3.36. The van der Waals surface area contributed by atoms with Crippen LogP contribution < -0.4 is 11.1 Å². The van der Waals surface area contributed by atoms with Crippen molar-refractivity contribution >= 4 is 5.97 Å². The molecule has 4 N–H and O–H groups in total. The van der Waals surface area contributed by atoms with E-state index in [1.54, 1.807) is 0 Å². The molecule has 0 heterocycles. The molecule has 1 rings (SSSR count). The number of nitrogens with two attached hydrogens (primary N) is 1. The first-order chi connectivity index (χ1) is 5.65. The number of hydrogen-bond acceptors (Lipinski definition) is 3. The zero-order valence-corrected chi connectivity index (χ0v) is 7.29. The molecule has 0 bridgehead atoms. The SMILES string of the molecule is CCC1CC1NCC(N)C(=O)O. The maximum absolute atomic E-state index is 10.3. The van der Waals surface area contributed by atoms with Crippen molar-refractivity contribution in [1.29, 1.82) is 0 Å². The highest BCUT2D eigenvalue weighted by Crippen LogP contribution is 2.32. The molecule has 0 aliphatic heterocycles. The van der Waals surface area contributed by atoms with Gasteiger partial charge in [0.1, 0.15) is 6.04 Å². The molecule has 3 atom stereocenters. The highest BCUT2D eigenvalue weighted by molar-refractivity contribution is 5.73. The molecule has 0 spiro atoms. The van der Waals surface area contributed by atoms with Crippen LogP contribution in [0.25, 0.3) is 0 Å². The number of nitrogens with one attached hydrogen (secondary N) is 1. The molecule has 1 aliphatic rings. The quantitative estimate of drug-likeness (QED) is 0.536. The summed E-state index contributed by atoms with van der Waals surface area (Å²) in [6.45, 7) is 2.53. The van der Waals surface area contributed by atoms with Gasteiger partial charge in [0.05, 0.1) is 0 Å². The van der Waals surface area contributed by atoms with Crippen LogP contribution in [0.3, 0.4) is 0 Å². The van der Waals surface area contributed by atoms with E-state index in [2.05, 4.69) is 12.2 Å². The van der Waals surface area contributed by atoms with Crippen molar-refractivity contribution in [2.24, 2.45) is 11.7 Å². The predicted molar refractivity (Wildman–Crippen MR) is 45.8 cm³/mol. The minimum atomic E-state index is -0.934. The Morgan fingerprint density at radius 3 is 2.92 bits per heavy atom. The van der Waals surface area contributed by atoms with Gasteiger partial charge in [0.15, 0.2) is 0 Å². The van der Waals surface area contributed by atoms with Crippen molar-refractivity contribution in [3.05, 3.63) is 0 Å². The molecular weight excluding hydrogens is 156 g/mol. The van der Waals surface area contributed by atoms with Gasteiger partial charge < -0.3 is 16.2 Å². The Kier molecular flexibility index (Phi) is 3.05. The molecule has 0 radical (unpaired) electrons. The fraction of sp³-hybridized carbons (Fsp3) is 0.875. The van der Waals surface area contributed by atoms with Gasteiger partial charge >= 0.3 is 5.97 Å². The van der Waals surface area contributed by atoms with Crippen molar-refractivity contribution < 1.29 is 9.90 Å². The lowest BCUT2D eigenvalue weighted by molar-refractivity contribution is -0.138. The average Bonchev–Trinajstić information content (AvgIpc) is 2.78. The summed E-state index contributed by atoms with van der Waals surface area (Å²) >= 11 is 0. The second kappa shape index (κ2) is 3.87. The highest BCUT2D eigenvalue weighted by atomic mass is 16.4. The zero-order valence-electron chi connectivity index (χ0n) is 7.29. The van der Waals surface area contributed by atoms with Crippen molar-refractivity contribution in [3.8, 4) is 0 Å². The normalized spacial score (nSPS) is 29.8. The maximum Gasteiger partial charge on any atom is 0.321 e. The van der Waals surface area contributed by atoms with E-state index in [1.807, 2.05) is 0 Å². The van der Waals surface area contributed by atoms with Crippen molar-refractivity contribution in [2.45, 2.75) is 31.8 Å². The minimum absolute atomic E-state index is 0.385. The van der Waals surface area contributed by atoms with E-state index in [1.165, 1.54) is 12.8 Å². The van der Waals surface area contributed by atoms with Crippen LogP contribution in [-0.2, 0) is 4.79 Å². The monoisotopic (exact) mass is 172 g/mol. The van der Waals surface area contributed by atoms with Crippen molar-refractivity contribution in [1.82, 2.24) is 5.32 Å². The van der Waals surface area contributed by atoms with Crippen LogP contribution in [0.2, 0.25) is 0 Å². The molecule has 3 unspecified atom stereocenters. The van der Waals surface area contributed by atoms with Gasteiger partial charge in [0.2, 0.25) is 0 Å². The fourth-order valence-electron chi connectivity index (χ4n) is 1.31. The molecule has 1 aliphatic carbocycles. The number of carboxylic acid groups (broad SMARTS) is 1. The Balaban J connectivity index is 2.07. The highest BCUT2D eigenvalue weighted by Gasteiger charge is 2.35. The van der Waals surface area contributed by atoms with Crippen LogP contribution >= 0.6 is 0 Å². The van der Waals surface area contributed by atoms with E-state index in [-0.39, 0.29) is 0 Å². The summed E-state index contributed by atoms with van der Waals surface area (Å²) in [6.07, 6.45) is 2.34. The molecule has 0 aromatic carbocycles. The lowest BCUT2D eigenvalue weighted by atomic mass is 10.3. The van der Waals surface area contributed by atoms with Gasteiger partial charge in [-0.1, -0.05) is 13.3 Å². The van der Waals surface area contributed by atoms with E-state index < -0.39 is 12.0 Å². The van der Waals surface area contributed by atoms with E-state index >= 15 is 0 Å². The van der Waals surface area contributed by atoms with Crippen LogP contribution in [0, 0.1) is 5.92 Å². The summed E-state index contributed by atoms with van der Waals surface area (Å²) in [5.74, 6) is -0.192. The first-order valence-corrected chi connectivity index (χ1v) is 4.37. The smallest absolute Gasteiger partial charge is 0.321 e. The van der Waals surface area contributed by atoms with Gasteiger partial charge in [0.25, 0.3) is 0 Å². The average molecular weight is 172 g/mol. The zero-order chi connectivity index (χ0) is 9.14.